The number of ether oxygens (including phenoxy) is 1. The maximum atomic E-state index is 5.82. The molecule has 0 saturated heterocycles. The summed E-state index contributed by atoms with van der Waals surface area (Å²) in [6.45, 7) is 6.33. The highest BCUT2D eigenvalue weighted by Gasteiger charge is 2.21. The Morgan fingerprint density at radius 3 is 2.90 bits per heavy atom. The molecule has 1 fully saturated rings. The summed E-state index contributed by atoms with van der Waals surface area (Å²) in [7, 11) is 0. The van der Waals surface area contributed by atoms with Gasteiger partial charge in [0.2, 0.25) is 0 Å². The number of rotatable bonds is 6. The lowest BCUT2D eigenvalue weighted by Crippen LogP contribution is -2.24. The Labute approximate surface area is 121 Å². The first-order chi connectivity index (χ1) is 9.69. The summed E-state index contributed by atoms with van der Waals surface area (Å²) in [5, 5.41) is 3.42. The van der Waals surface area contributed by atoms with Crippen molar-refractivity contribution in [3.8, 4) is 0 Å². The molecule has 0 spiro atoms. The van der Waals surface area contributed by atoms with Gasteiger partial charge in [-0.25, -0.2) is 9.97 Å². The molecule has 1 aliphatic rings. The minimum atomic E-state index is 0.413. The predicted molar refractivity (Wildman–Crippen MR) is 81.4 cm³/mol. The van der Waals surface area contributed by atoms with Crippen LogP contribution < -0.4 is 11.1 Å². The van der Waals surface area contributed by atoms with Gasteiger partial charge >= 0.3 is 0 Å². The third-order valence-electron chi connectivity index (χ3n) is 4.06. The Morgan fingerprint density at radius 2 is 2.15 bits per heavy atom. The van der Waals surface area contributed by atoms with Crippen molar-refractivity contribution >= 4 is 11.6 Å². The zero-order chi connectivity index (χ0) is 14.4. The van der Waals surface area contributed by atoms with Crippen LogP contribution in [0, 0.1) is 11.8 Å². The first kappa shape index (κ1) is 15.0. The molecule has 2 atom stereocenters. The monoisotopic (exact) mass is 278 g/mol. The van der Waals surface area contributed by atoms with E-state index in [1.165, 1.54) is 25.7 Å². The molecule has 0 aliphatic heterocycles. The average molecular weight is 278 g/mol. The first-order valence-electron chi connectivity index (χ1n) is 7.64. The number of aromatic nitrogens is 2. The molecule has 1 saturated carbocycles. The lowest BCUT2D eigenvalue weighted by atomic mass is 9.80. The van der Waals surface area contributed by atoms with Crippen molar-refractivity contribution in [2.45, 2.75) is 46.1 Å². The fourth-order valence-electron chi connectivity index (χ4n) is 2.80. The summed E-state index contributed by atoms with van der Waals surface area (Å²) >= 11 is 0. The second-order valence-electron chi connectivity index (χ2n) is 5.63. The molecule has 112 valence electrons. The van der Waals surface area contributed by atoms with Gasteiger partial charge in [0.1, 0.15) is 18.2 Å². The lowest BCUT2D eigenvalue weighted by Gasteiger charge is -2.29. The van der Waals surface area contributed by atoms with Gasteiger partial charge in [-0.3, -0.25) is 0 Å². The van der Waals surface area contributed by atoms with Crippen LogP contribution in [-0.2, 0) is 11.3 Å². The van der Waals surface area contributed by atoms with Gasteiger partial charge in [0.15, 0.2) is 5.82 Å². The number of hydrogen-bond acceptors (Lipinski definition) is 5. The van der Waals surface area contributed by atoms with E-state index < -0.39 is 0 Å². The van der Waals surface area contributed by atoms with E-state index in [-0.39, 0.29) is 0 Å². The van der Waals surface area contributed by atoms with Crippen molar-refractivity contribution in [1.29, 1.82) is 0 Å². The second kappa shape index (κ2) is 7.43. The Kier molecular flexibility index (Phi) is 5.59. The van der Waals surface area contributed by atoms with Crippen molar-refractivity contribution in [3.63, 3.8) is 0 Å². The number of nitrogen functional groups attached to an aromatic ring is 1. The summed E-state index contributed by atoms with van der Waals surface area (Å²) < 4.78 is 5.33. The van der Waals surface area contributed by atoms with Crippen molar-refractivity contribution in [1.82, 2.24) is 9.97 Å². The van der Waals surface area contributed by atoms with Crippen LogP contribution in [0.4, 0.5) is 11.6 Å². The van der Waals surface area contributed by atoms with Crippen molar-refractivity contribution in [2.75, 3.05) is 24.2 Å². The first-order valence-corrected chi connectivity index (χ1v) is 7.64. The molecule has 2 rings (SSSR count). The zero-order valence-corrected chi connectivity index (χ0v) is 12.6. The summed E-state index contributed by atoms with van der Waals surface area (Å²) in [4.78, 5) is 8.64. The Balaban J connectivity index is 1.92. The topological polar surface area (TPSA) is 73.1 Å². The second-order valence-corrected chi connectivity index (χ2v) is 5.63. The smallest absolute Gasteiger partial charge is 0.158 e. The van der Waals surface area contributed by atoms with Crippen molar-refractivity contribution in [2.24, 2.45) is 11.8 Å². The molecule has 0 amide bonds. The molecule has 0 radical (unpaired) electrons. The van der Waals surface area contributed by atoms with Crippen molar-refractivity contribution < 1.29 is 4.74 Å². The van der Waals surface area contributed by atoms with E-state index in [1.54, 1.807) is 6.07 Å². The van der Waals surface area contributed by atoms with Gasteiger partial charge in [0, 0.05) is 19.2 Å². The molecule has 20 heavy (non-hydrogen) atoms. The Morgan fingerprint density at radius 1 is 1.35 bits per heavy atom. The van der Waals surface area contributed by atoms with E-state index in [0.717, 1.165) is 24.2 Å². The van der Waals surface area contributed by atoms with E-state index >= 15 is 0 Å². The fraction of sp³-hybridized carbons (Fsp3) is 0.733. The van der Waals surface area contributed by atoms with Gasteiger partial charge in [0.25, 0.3) is 0 Å². The van der Waals surface area contributed by atoms with Gasteiger partial charge in [-0.15, -0.1) is 0 Å². The Hall–Kier alpha value is -1.36. The molecule has 5 nitrogen and oxygen atoms in total. The highest BCUT2D eigenvalue weighted by molar-refractivity contribution is 5.44. The minimum Gasteiger partial charge on any atom is -0.384 e. The van der Waals surface area contributed by atoms with E-state index in [0.29, 0.717) is 24.9 Å². The molecule has 0 aromatic carbocycles. The highest BCUT2D eigenvalue weighted by Crippen LogP contribution is 2.29. The zero-order valence-electron chi connectivity index (χ0n) is 12.6. The molecular weight excluding hydrogens is 252 g/mol. The number of hydrogen-bond donors (Lipinski definition) is 2. The molecule has 1 heterocycles. The highest BCUT2D eigenvalue weighted by atomic mass is 16.5. The van der Waals surface area contributed by atoms with Gasteiger partial charge < -0.3 is 15.8 Å². The van der Waals surface area contributed by atoms with E-state index in [2.05, 4.69) is 22.2 Å². The number of nitrogens with two attached hydrogens (primary N) is 1. The Bertz CT molecular complexity index is 424. The van der Waals surface area contributed by atoms with Crippen LogP contribution in [-0.4, -0.2) is 23.1 Å². The van der Waals surface area contributed by atoms with Gasteiger partial charge in [-0.1, -0.05) is 26.2 Å². The molecule has 1 aromatic rings. The lowest BCUT2D eigenvalue weighted by molar-refractivity contribution is 0.128. The number of anilines is 2. The molecular formula is C15H26N4O. The summed E-state index contributed by atoms with van der Waals surface area (Å²) in [5.74, 6) is 3.47. The number of nitrogens with zero attached hydrogens (tertiary/aromatic N) is 2. The van der Waals surface area contributed by atoms with Crippen LogP contribution in [0.15, 0.2) is 6.07 Å². The van der Waals surface area contributed by atoms with Gasteiger partial charge in [0.05, 0.1) is 0 Å². The largest absolute Gasteiger partial charge is 0.384 e. The van der Waals surface area contributed by atoms with E-state index in [9.17, 15) is 0 Å². The van der Waals surface area contributed by atoms with Crippen LogP contribution in [0.2, 0.25) is 0 Å². The SMILES string of the molecule is CCOCc1nc(N)cc(NCC2CCCCC2C)n1. The fourth-order valence-corrected chi connectivity index (χ4v) is 2.80. The van der Waals surface area contributed by atoms with E-state index in [1.807, 2.05) is 6.92 Å². The third-order valence-corrected chi connectivity index (χ3v) is 4.06. The molecule has 1 aromatic heterocycles. The summed E-state index contributed by atoms with van der Waals surface area (Å²) in [6, 6.07) is 1.79. The van der Waals surface area contributed by atoms with Crippen LogP contribution in [0.1, 0.15) is 45.4 Å². The third kappa shape index (κ3) is 4.34. The van der Waals surface area contributed by atoms with Crippen LogP contribution >= 0.6 is 0 Å². The quantitative estimate of drug-likeness (QED) is 0.837. The molecule has 3 N–H and O–H groups in total. The van der Waals surface area contributed by atoms with Crippen LogP contribution in [0.5, 0.6) is 0 Å². The predicted octanol–water partition coefficient (Wildman–Crippen LogP) is 2.83. The summed E-state index contributed by atoms with van der Waals surface area (Å²) in [5.41, 5.74) is 5.82. The van der Waals surface area contributed by atoms with Crippen LogP contribution in [0.3, 0.4) is 0 Å². The molecule has 2 unspecified atom stereocenters. The summed E-state index contributed by atoms with van der Waals surface area (Å²) in [6.07, 6.45) is 5.36. The van der Waals surface area contributed by atoms with Crippen molar-refractivity contribution in [3.05, 3.63) is 11.9 Å². The molecule has 1 aliphatic carbocycles. The maximum Gasteiger partial charge on any atom is 0.158 e. The van der Waals surface area contributed by atoms with Crippen LogP contribution in [0.25, 0.3) is 0 Å². The normalized spacial score (nSPS) is 22.7. The van der Waals surface area contributed by atoms with E-state index in [4.69, 9.17) is 10.5 Å². The van der Waals surface area contributed by atoms with Gasteiger partial charge in [-0.05, 0) is 25.2 Å². The number of nitrogens with one attached hydrogen (secondary N) is 1. The maximum absolute atomic E-state index is 5.82. The molecule has 0 bridgehead atoms. The molecule has 5 heteroatoms. The van der Waals surface area contributed by atoms with Gasteiger partial charge in [-0.2, -0.15) is 0 Å². The minimum absolute atomic E-state index is 0.413. The average Bonchev–Trinajstić information content (AvgIpc) is 2.44. The standard InChI is InChI=1S/C15H26N4O/c1-3-20-10-15-18-13(16)8-14(19-15)17-9-12-7-5-4-6-11(12)2/h8,11-12H,3-7,9-10H2,1-2H3,(H3,16,17,18,19).